The molecule has 0 aliphatic rings. The molecule has 1 heteroatoms. The summed E-state index contributed by atoms with van der Waals surface area (Å²) in [6, 6.07) is 0. The van der Waals surface area contributed by atoms with E-state index >= 15 is 0 Å². The van der Waals surface area contributed by atoms with E-state index in [9.17, 15) is 0 Å². The maximum Gasteiger partial charge on any atom is 0.0112 e. The molecule has 0 nitrogen and oxygen atoms in total. The number of rotatable bonds is 6. The molecule has 0 N–H and O–H groups in total. The predicted octanol–water partition coefficient (Wildman–Crippen LogP) is 5.32. The van der Waals surface area contributed by atoms with Crippen molar-refractivity contribution in [3.63, 3.8) is 0 Å². The van der Waals surface area contributed by atoms with Crippen LogP contribution in [0.5, 0.6) is 0 Å². The van der Waals surface area contributed by atoms with Crippen LogP contribution in [0.4, 0.5) is 0 Å². The summed E-state index contributed by atoms with van der Waals surface area (Å²) in [5, 5.41) is 1.83. The molecule has 0 rings (SSSR count). The number of hydrogen-bond acceptors (Lipinski definition) is 1. The van der Waals surface area contributed by atoms with Crippen molar-refractivity contribution in [3.05, 3.63) is 47.8 Å². The van der Waals surface area contributed by atoms with Gasteiger partial charge in [-0.1, -0.05) is 70.3 Å². The second kappa shape index (κ2) is 14.8. The van der Waals surface area contributed by atoms with Gasteiger partial charge >= 0.3 is 0 Å². The summed E-state index contributed by atoms with van der Waals surface area (Å²) >= 11 is 1.62. The Balaban J connectivity index is 0. The quantitative estimate of drug-likeness (QED) is 0.535. The lowest BCUT2D eigenvalue weighted by atomic mass is 10.3. The number of hydrogen-bond donors (Lipinski definition) is 0. The van der Waals surface area contributed by atoms with E-state index in [1.54, 1.807) is 17.8 Å². The Bertz CT molecular complexity index is 187. The van der Waals surface area contributed by atoms with Crippen molar-refractivity contribution in [2.75, 3.05) is 0 Å². The van der Waals surface area contributed by atoms with Crippen LogP contribution >= 0.6 is 11.8 Å². The van der Waals surface area contributed by atoms with Crippen LogP contribution in [0.1, 0.15) is 33.6 Å². The molecule has 80 valence electrons. The van der Waals surface area contributed by atoms with Crippen LogP contribution < -0.4 is 0 Å². The van der Waals surface area contributed by atoms with E-state index in [4.69, 9.17) is 0 Å². The van der Waals surface area contributed by atoms with Crippen LogP contribution in [0.2, 0.25) is 0 Å². The van der Waals surface area contributed by atoms with Gasteiger partial charge in [0.25, 0.3) is 0 Å². The third-order valence-corrected chi connectivity index (χ3v) is 1.95. The average molecular weight is 210 g/mol. The van der Waals surface area contributed by atoms with Gasteiger partial charge in [0, 0.05) is 4.91 Å². The minimum atomic E-state index is 1.13. The Kier molecular flexibility index (Phi) is 16.7. The summed E-state index contributed by atoms with van der Waals surface area (Å²) in [6.45, 7) is 13.5. The van der Waals surface area contributed by atoms with E-state index < -0.39 is 0 Å². The van der Waals surface area contributed by atoms with E-state index in [2.05, 4.69) is 32.2 Å². The molecule has 0 saturated heterocycles. The van der Waals surface area contributed by atoms with Gasteiger partial charge in [0.2, 0.25) is 0 Å². The predicted molar refractivity (Wildman–Crippen MR) is 71.5 cm³/mol. The van der Waals surface area contributed by atoms with Gasteiger partial charge in [0.15, 0.2) is 0 Å². The van der Waals surface area contributed by atoms with E-state index in [0.29, 0.717) is 0 Å². The van der Waals surface area contributed by atoms with E-state index in [-0.39, 0.29) is 0 Å². The summed E-state index contributed by atoms with van der Waals surface area (Å²) in [4.78, 5) is 1.19. The fourth-order valence-corrected chi connectivity index (χ4v) is 1.25. The molecule has 0 aromatic heterocycles. The van der Waals surface area contributed by atoms with Crippen LogP contribution in [0.3, 0.4) is 0 Å². The highest BCUT2D eigenvalue weighted by atomic mass is 32.2. The molecule has 0 bridgehead atoms. The maximum absolute atomic E-state index is 3.66. The molecule has 0 aromatic carbocycles. The smallest absolute Gasteiger partial charge is 0.0112 e. The Morgan fingerprint density at radius 3 is 2.36 bits per heavy atom. The lowest BCUT2D eigenvalue weighted by Gasteiger charge is -1.93. The highest BCUT2D eigenvalue weighted by molar-refractivity contribution is 8.06. The third-order valence-electron chi connectivity index (χ3n) is 1.24. The first-order chi connectivity index (χ1) is 6.85. The monoisotopic (exact) mass is 210 g/mol. The lowest BCUT2D eigenvalue weighted by molar-refractivity contribution is 0.958. The molecule has 0 amide bonds. The van der Waals surface area contributed by atoms with Gasteiger partial charge in [-0.15, -0.1) is 0 Å². The van der Waals surface area contributed by atoms with Crippen LogP contribution in [0, 0.1) is 0 Å². The fourth-order valence-electron chi connectivity index (χ4n) is 0.713. The molecule has 0 aliphatic heterocycles. The van der Waals surface area contributed by atoms with Crippen molar-refractivity contribution < 1.29 is 0 Å². The molecule has 0 aromatic rings. The summed E-state index contributed by atoms with van der Waals surface area (Å²) in [5.41, 5.74) is 0. The maximum atomic E-state index is 3.66. The van der Waals surface area contributed by atoms with Gasteiger partial charge in [-0.2, -0.15) is 0 Å². The van der Waals surface area contributed by atoms with Crippen molar-refractivity contribution in [2.45, 2.75) is 33.6 Å². The van der Waals surface area contributed by atoms with E-state index in [1.165, 1.54) is 11.3 Å². The zero-order valence-corrected chi connectivity index (χ0v) is 10.4. The Hall–Kier alpha value is -0.690. The van der Waals surface area contributed by atoms with Crippen molar-refractivity contribution in [3.8, 4) is 0 Å². The third kappa shape index (κ3) is 11.3. The topological polar surface area (TPSA) is 0 Å². The highest BCUT2D eigenvalue weighted by Crippen LogP contribution is 2.17. The molecule has 0 aliphatic carbocycles. The molecular weight excluding hydrogens is 188 g/mol. The molecule has 0 heterocycles. The molecule has 0 fully saturated rings. The van der Waals surface area contributed by atoms with Gasteiger partial charge < -0.3 is 0 Å². The molecule has 0 atom stereocenters. The van der Waals surface area contributed by atoms with Gasteiger partial charge in [-0.25, -0.2) is 0 Å². The largest absolute Gasteiger partial charge is 0.0990 e. The first-order valence-electron chi connectivity index (χ1n) is 5.12. The lowest BCUT2D eigenvalue weighted by Crippen LogP contribution is -1.67. The summed E-state index contributed by atoms with van der Waals surface area (Å²) in [6.07, 6.45) is 10.4. The normalized spacial score (nSPS) is 10.6. The summed E-state index contributed by atoms with van der Waals surface area (Å²) in [7, 11) is 0. The molecule has 14 heavy (non-hydrogen) atoms. The SMILES string of the molecule is C=C/C=C(/C=C/CCC)SC=C.CC. The number of unbranched alkanes of at least 4 members (excludes halogenated alkanes) is 1. The Morgan fingerprint density at radius 2 is 1.93 bits per heavy atom. The number of allylic oxidation sites excluding steroid dienone is 4. The zero-order chi connectivity index (χ0) is 11.2. The Morgan fingerprint density at radius 1 is 1.29 bits per heavy atom. The van der Waals surface area contributed by atoms with Crippen LogP contribution in [0.15, 0.2) is 47.8 Å². The van der Waals surface area contributed by atoms with Gasteiger partial charge in [0.05, 0.1) is 0 Å². The zero-order valence-electron chi connectivity index (χ0n) is 9.62. The van der Waals surface area contributed by atoms with Crippen LogP contribution in [0.25, 0.3) is 0 Å². The van der Waals surface area contributed by atoms with Gasteiger partial charge in [0.1, 0.15) is 0 Å². The Labute approximate surface area is 93.5 Å². The second-order valence-electron chi connectivity index (χ2n) is 2.28. The highest BCUT2D eigenvalue weighted by Gasteiger charge is 1.85. The molecule has 0 radical (unpaired) electrons. The van der Waals surface area contributed by atoms with E-state index in [0.717, 1.165) is 6.42 Å². The van der Waals surface area contributed by atoms with Crippen LogP contribution in [-0.4, -0.2) is 0 Å². The van der Waals surface area contributed by atoms with Crippen LogP contribution in [-0.2, 0) is 0 Å². The first kappa shape index (κ1) is 15.8. The van der Waals surface area contributed by atoms with Gasteiger partial charge in [-0.05, 0) is 17.9 Å². The van der Waals surface area contributed by atoms with E-state index in [1.807, 2.05) is 25.3 Å². The molecular formula is C13H22S. The second-order valence-corrected chi connectivity index (χ2v) is 3.32. The van der Waals surface area contributed by atoms with Crippen molar-refractivity contribution in [1.29, 1.82) is 0 Å². The van der Waals surface area contributed by atoms with Crippen molar-refractivity contribution in [2.24, 2.45) is 0 Å². The summed E-state index contributed by atoms with van der Waals surface area (Å²) in [5.74, 6) is 0. The fraction of sp³-hybridized carbons (Fsp3) is 0.385. The molecule has 0 spiro atoms. The molecule has 0 saturated carbocycles. The average Bonchev–Trinajstić information content (AvgIpc) is 2.22. The summed E-state index contributed by atoms with van der Waals surface area (Å²) < 4.78 is 0. The molecule has 0 unspecified atom stereocenters. The minimum Gasteiger partial charge on any atom is -0.0990 e. The standard InChI is InChI=1S/C11H16S.C2H6/c1-4-7-8-10-11(9-5-2)12-6-3;1-2/h5-6,8-10H,2-4,7H2,1H3;1-2H3/b10-8+,11-9-;. The first-order valence-corrected chi connectivity index (χ1v) is 6.00. The van der Waals surface area contributed by atoms with Crippen molar-refractivity contribution in [1.82, 2.24) is 0 Å². The number of thioether (sulfide) groups is 1. The van der Waals surface area contributed by atoms with Gasteiger partial charge in [-0.3, -0.25) is 0 Å². The van der Waals surface area contributed by atoms with Crippen molar-refractivity contribution >= 4 is 11.8 Å². The minimum absolute atomic E-state index is 1.13.